The highest BCUT2D eigenvalue weighted by Gasteiger charge is 2.33. The van der Waals surface area contributed by atoms with Gasteiger partial charge in [0.15, 0.2) is 70.7 Å². The highest BCUT2D eigenvalue weighted by Crippen LogP contribution is 2.32. The maximum absolute atomic E-state index is 15.2. The Bertz CT molecular complexity index is 3800. The lowest BCUT2D eigenvalue weighted by molar-refractivity contribution is -0.144. The molecule has 1 saturated heterocycles. The molecule has 0 saturated carbocycles. The van der Waals surface area contributed by atoms with Crippen LogP contribution in [0.25, 0.3) is 33.3 Å². The molecule has 1 aliphatic heterocycles. The third-order valence-corrected chi connectivity index (χ3v) is 14.4. The molecule has 3 aromatic heterocycles. The summed E-state index contributed by atoms with van der Waals surface area (Å²) >= 11 is 5.92. The first-order valence-electron chi connectivity index (χ1n) is 24.1. The molecule has 0 bridgehead atoms. The minimum Gasteiger partial charge on any atom is -0.478 e. The summed E-state index contributed by atoms with van der Waals surface area (Å²) in [4.78, 5) is 48.2. The highest BCUT2D eigenvalue weighted by molar-refractivity contribution is 14.1. The standard InChI is InChI=1S/C22H20F2INO5.C19H16F2INO5.C15H8F2INO3/c1-22(2)30-9-14(31-22)8-28-10-18(27)15-7-19-21(26-11-29-19)20(24)16(15)5-12-3-4-13(25)6-17(12)23;20-15-4-11(22)2-1-10(15)3-14-13(16(26)8-27-7-12(25)6-24)5-17-19(18(14)21)23-9-28-17;16-11-4-8(18)2-1-7(11)3-9-10(15(20)21)5-12-14(13(9)17)19-6-22-12/h3-4,6-7,11,14H,5,8-10H2,1-2H3;1-2,4-5,9,12,24-25H,3,6-8H2;1-2,4-6H,3H2,(H,20,21). The minimum atomic E-state index is -1.31. The number of hydrogen-bond donors (Lipinski definition) is 3. The van der Waals surface area contributed by atoms with Crippen LogP contribution in [0, 0.1) is 45.6 Å². The number of halogens is 9. The molecule has 81 heavy (non-hydrogen) atoms. The Morgan fingerprint density at radius 2 is 1.00 bits per heavy atom. The van der Waals surface area contributed by atoms with Crippen molar-refractivity contribution in [2.75, 3.05) is 39.6 Å². The molecule has 25 heteroatoms. The molecular formula is C56H44F6I3N3O13. The average Bonchev–Trinajstić information content (AvgIpc) is 4.47. The summed E-state index contributed by atoms with van der Waals surface area (Å²) in [6, 6.07) is 17.7. The van der Waals surface area contributed by atoms with Crippen LogP contribution in [0.2, 0.25) is 0 Å². The molecule has 1 aliphatic rings. The third-order valence-electron chi connectivity index (χ3n) is 12.3. The summed E-state index contributed by atoms with van der Waals surface area (Å²) in [6.07, 6.45) is 1.34. The molecule has 0 amide bonds. The van der Waals surface area contributed by atoms with Crippen molar-refractivity contribution in [3.63, 3.8) is 0 Å². The molecule has 0 aliphatic carbocycles. The quantitative estimate of drug-likeness (QED) is 0.0412. The van der Waals surface area contributed by atoms with Crippen molar-refractivity contribution in [2.24, 2.45) is 0 Å². The second-order valence-electron chi connectivity index (χ2n) is 18.5. The van der Waals surface area contributed by atoms with Gasteiger partial charge in [-0.25, -0.2) is 46.1 Å². The van der Waals surface area contributed by atoms with Gasteiger partial charge in [0, 0.05) is 57.8 Å². The van der Waals surface area contributed by atoms with Crippen LogP contribution < -0.4 is 0 Å². The van der Waals surface area contributed by atoms with Crippen LogP contribution >= 0.6 is 67.8 Å². The predicted molar refractivity (Wildman–Crippen MR) is 303 cm³/mol. The summed E-state index contributed by atoms with van der Waals surface area (Å²) in [7, 11) is 0. The van der Waals surface area contributed by atoms with E-state index < -0.39 is 77.5 Å². The van der Waals surface area contributed by atoms with Gasteiger partial charge in [0.1, 0.15) is 59.4 Å². The number of aromatic carboxylic acids is 1. The fourth-order valence-corrected chi connectivity index (χ4v) is 9.76. The number of Topliss-reactive ketones (excluding diaryl/α,β-unsaturated/α-hetero) is 2. The number of ketones is 2. The number of oxazole rings is 3. The highest BCUT2D eigenvalue weighted by atomic mass is 127. The first kappa shape index (κ1) is 61.1. The SMILES string of the molecule is CC1(C)OCC(COCC(=O)c2cc3ocnc3c(F)c2Cc2ccc(I)cc2F)O1.O=C(COCC(O)CO)c1cc2ocnc2c(F)c1Cc1ccc(I)cc1F.O=C(O)c1cc2ocnc2c(F)c1Cc1ccc(I)cc1F. The van der Waals surface area contributed by atoms with Gasteiger partial charge in [0.25, 0.3) is 0 Å². The normalized spacial score (nSPS) is 14.2. The van der Waals surface area contributed by atoms with Crippen molar-refractivity contribution in [2.45, 2.75) is 51.1 Å². The zero-order chi connectivity index (χ0) is 58.3. The van der Waals surface area contributed by atoms with Gasteiger partial charge < -0.3 is 47.5 Å². The van der Waals surface area contributed by atoms with Crippen LogP contribution in [0.15, 0.2) is 105 Å². The molecule has 2 atom stereocenters. The number of benzene rings is 6. The lowest BCUT2D eigenvalue weighted by Gasteiger charge is -2.17. The number of carboxylic acids is 1. The molecule has 0 radical (unpaired) electrons. The molecule has 9 aromatic rings. The molecule has 424 valence electrons. The van der Waals surface area contributed by atoms with Crippen molar-refractivity contribution in [1.82, 2.24) is 15.0 Å². The second-order valence-corrected chi connectivity index (χ2v) is 22.2. The van der Waals surface area contributed by atoms with Crippen molar-refractivity contribution >= 4 is 119 Å². The van der Waals surface area contributed by atoms with E-state index in [9.17, 15) is 42.2 Å². The summed E-state index contributed by atoms with van der Waals surface area (Å²) in [5, 5.41) is 27.3. The molecule has 6 aromatic carbocycles. The fourth-order valence-electron chi connectivity index (χ4n) is 8.40. The smallest absolute Gasteiger partial charge is 0.336 e. The Labute approximate surface area is 496 Å². The summed E-state index contributed by atoms with van der Waals surface area (Å²) in [6.45, 7) is 2.61. The number of fused-ring (bicyclic) bond motifs is 3. The van der Waals surface area contributed by atoms with E-state index >= 15 is 8.78 Å². The maximum Gasteiger partial charge on any atom is 0.336 e. The van der Waals surface area contributed by atoms with Crippen molar-refractivity contribution in [3.05, 3.63) is 188 Å². The Kier molecular flexibility index (Phi) is 20.4. The number of aliphatic hydroxyl groups excluding tert-OH is 2. The maximum atomic E-state index is 15.2. The van der Waals surface area contributed by atoms with E-state index in [4.69, 9.17) is 37.3 Å². The van der Waals surface area contributed by atoms with Gasteiger partial charge in [-0.2, -0.15) is 0 Å². The predicted octanol–water partition coefficient (Wildman–Crippen LogP) is 11.5. The number of hydrogen-bond acceptors (Lipinski definition) is 15. The van der Waals surface area contributed by atoms with Gasteiger partial charge in [-0.05, 0) is 153 Å². The van der Waals surface area contributed by atoms with E-state index in [1.54, 1.807) is 38.1 Å². The summed E-state index contributed by atoms with van der Waals surface area (Å²) in [5.41, 5.74) is 0.585. The number of nitrogens with zero attached hydrogens (tertiary/aromatic N) is 3. The van der Waals surface area contributed by atoms with E-state index in [2.05, 4.69) is 15.0 Å². The van der Waals surface area contributed by atoms with Crippen LogP contribution in [0.5, 0.6) is 0 Å². The molecule has 0 spiro atoms. The Morgan fingerprint density at radius 1 is 0.617 bits per heavy atom. The van der Waals surface area contributed by atoms with Gasteiger partial charge in [-0.3, -0.25) is 9.59 Å². The number of carbonyl (C=O) groups is 3. The largest absolute Gasteiger partial charge is 0.478 e. The van der Waals surface area contributed by atoms with Crippen LogP contribution in [-0.2, 0) is 38.2 Å². The van der Waals surface area contributed by atoms with Crippen LogP contribution in [0.4, 0.5) is 26.3 Å². The van der Waals surface area contributed by atoms with E-state index in [0.29, 0.717) is 13.7 Å². The zero-order valence-electron chi connectivity index (χ0n) is 42.3. The van der Waals surface area contributed by atoms with Crippen LogP contribution in [0.3, 0.4) is 0 Å². The Hall–Kier alpha value is -5.93. The summed E-state index contributed by atoms with van der Waals surface area (Å²) < 4.78 is 126. The number of carbonyl (C=O) groups excluding carboxylic acids is 2. The molecule has 3 N–H and O–H groups in total. The summed E-state index contributed by atoms with van der Waals surface area (Å²) in [5.74, 6) is -6.77. The molecule has 10 rings (SSSR count). The lowest BCUT2D eigenvalue weighted by atomic mass is 9.95. The average molecular weight is 1460 g/mol. The van der Waals surface area contributed by atoms with Crippen molar-refractivity contribution < 1.29 is 88.2 Å². The van der Waals surface area contributed by atoms with Crippen LogP contribution in [0.1, 0.15) is 78.3 Å². The second kappa shape index (κ2) is 27.0. The number of rotatable bonds is 18. The number of aromatic nitrogens is 3. The van der Waals surface area contributed by atoms with E-state index in [-0.39, 0.29) is 129 Å². The monoisotopic (exact) mass is 1460 g/mol. The Morgan fingerprint density at radius 3 is 1.36 bits per heavy atom. The van der Waals surface area contributed by atoms with Crippen molar-refractivity contribution in [1.29, 1.82) is 0 Å². The third kappa shape index (κ3) is 15.0. The van der Waals surface area contributed by atoms with E-state index in [1.165, 1.54) is 48.5 Å². The topological polar surface area (TPSA) is 227 Å². The first-order chi connectivity index (χ1) is 38.6. The van der Waals surface area contributed by atoms with Gasteiger partial charge in [0.05, 0.1) is 32.0 Å². The van der Waals surface area contributed by atoms with Gasteiger partial charge in [0.2, 0.25) is 0 Å². The molecule has 2 unspecified atom stereocenters. The lowest BCUT2D eigenvalue weighted by Crippen LogP contribution is -2.25. The van der Waals surface area contributed by atoms with Gasteiger partial charge in [-0.1, -0.05) is 18.2 Å². The molecular weight excluding hydrogens is 1420 g/mol. The number of aliphatic hydroxyl groups is 2. The molecule has 1 fully saturated rings. The van der Waals surface area contributed by atoms with Gasteiger partial charge in [-0.15, -0.1) is 0 Å². The minimum absolute atomic E-state index is 0.00266. The van der Waals surface area contributed by atoms with Crippen molar-refractivity contribution in [3.8, 4) is 0 Å². The Balaban J connectivity index is 0.000000162. The van der Waals surface area contributed by atoms with E-state index in [1.807, 2.05) is 67.8 Å². The number of ether oxygens (including phenoxy) is 4. The first-order valence-corrected chi connectivity index (χ1v) is 27.4. The molecule has 4 heterocycles. The number of carboxylic acid groups (broad SMARTS) is 1. The molecule has 16 nitrogen and oxygen atoms in total. The fraction of sp³-hybridized carbons (Fsp3) is 0.250. The van der Waals surface area contributed by atoms with E-state index in [0.717, 1.165) is 22.8 Å². The van der Waals surface area contributed by atoms with Crippen LogP contribution in [-0.4, -0.2) is 105 Å². The zero-order valence-corrected chi connectivity index (χ0v) is 48.8. The van der Waals surface area contributed by atoms with Gasteiger partial charge >= 0.3 is 5.97 Å².